The van der Waals surface area contributed by atoms with Gasteiger partial charge in [0.15, 0.2) is 0 Å². The molecule has 1 amide bonds. The van der Waals surface area contributed by atoms with Crippen LogP contribution in [0.5, 0.6) is 5.75 Å². The SMILES string of the molecule is COc1ccccc1CCN(C)C(=O)/C=C/C(=O)O. The highest BCUT2D eigenvalue weighted by Gasteiger charge is 2.07. The number of likely N-dealkylation sites (N-methyl/N-ethyl adjacent to an activating group) is 1. The highest BCUT2D eigenvalue weighted by Crippen LogP contribution is 2.17. The number of carbonyl (C=O) groups excluding carboxylic acids is 1. The fraction of sp³-hybridized carbons (Fsp3) is 0.286. The Labute approximate surface area is 112 Å². The van der Waals surface area contributed by atoms with Gasteiger partial charge in [0.1, 0.15) is 5.75 Å². The summed E-state index contributed by atoms with van der Waals surface area (Å²) in [5.41, 5.74) is 1.01. The summed E-state index contributed by atoms with van der Waals surface area (Å²) < 4.78 is 5.22. The number of nitrogens with zero attached hydrogens (tertiary/aromatic N) is 1. The zero-order valence-electron chi connectivity index (χ0n) is 11.0. The first-order chi connectivity index (χ1) is 9.04. The molecule has 1 rings (SSSR count). The number of para-hydroxylation sites is 1. The maximum Gasteiger partial charge on any atom is 0.328 e. The number of carbonyl (C=O) groups is 2. The summed E-state index contributed by atoms with van der Waals surface area (Å²) in [5, 5.41) is 8.45. The Morgan fingerprint density at radius 3 is 2.63 bits per heavy atom. The van der Waals surface area contributed by atoms with Crippen LogP contribution in [0.1, 0.15) is 5.56 Å². The Morgan fingerprint density at radius 1 is 1.32 bits per heavy atom. The zero-order chi connectivity index (χ0) is 14.3. The van der Waals surface area contributed by atoms with Gasteiger partial charge in [0.2, 0.25) is 5.91 Å². The molecule has 1 N–H and O–H groups in total. The normalized spacial score (nSPS) is 10.4. The Kier molecular flexibility index (Phi) is 5.60. The predicted molar refractivity (Wildman–Crippen MR) is 71.1 cm³/mol. The lowest BCUT2D eigenvalue weighted by atomic mass is 10.1. The lowest BCUT2D eigenvalue weighted by Crippen LogP contribution is -2.27. The number of hydrogen-bond acceptors (Lipinski definition) is 3. The first kappa shape index (κ1) is 14.8. The standard InChI is InChI=1S/C14H17NO4/c1-15(13(16)7-8-14(17)18)10-9-11-5-3-4-6-12(11)19-2/h3-8H,9-10H2,1-2H3,(H,17,18)/b8-7+. The Hall–Kier alpha value is -2.30. The van der Waals surface area contributed by atoms with Gasteiger partial charge in [0.05, 0.1) is 7.11 Å². The van der Waals surface area contributed by atoms with E-state index < -0.39 is 5.97 Å². The van der Waals surface area contributed by atoms with E-state index in [1.54, 1.807) is 14.2 Å². The molecule has 0 unspecified atom stereocenters. The summed E-state index contributed by atoms with van der Waals surface area (Å²) in [7, 11) is 3.23. The molecule has 5 nitrogen and oxygen atoms in total. The first-order valence-corrected chi connectivity index (χ1v) is 5.82. The monoisotopic (exact) mass is 263 g/mol. The lowest BCUT2D eigenvalue weighted by Gasteiger charge is -2.16. The molecule has 0 saturated carbocycles. The van der Waals surface area contributed by atoms with Crippen LogP contribution in [-0.4, -0.2) is 42.6 Å². The molecule has 0 aromatic heterocycles. The number of methoxy groups -OCH3 is 1. The molecule has 0 radical (unpaired) electrons. The molecule has 1 aromatic carbocycles. The number of hydrogen-bond donors (Lipinski definition) is 1. The van der Waals surface area contributed by atoms with Crippen LogP contribution in [0.2, 0.25) is 0 Å². The minimum absolute atomic E-state index is 0.336. The van der Waals surface area contributed by atoms with Crippen molar-refractivity contribution in [1.29, 1.82) is 0 Å². The fourth-order valence-corrected chi connectivity index (χ4v) is 1.58. The van der Waals surface area contributed by atoms with Crippen molar-refractivity contribution in [2.75, 3.05) is 20.7 Å². The molecule has 19 heavy (non-hydrogen) atoms. The number of benzene rings is 1. The number of rotatable bonds is 6. The molecule has 0 bridgehead atoms. The number of ether oxygens (including phenoxy) is 1. The third-order valence-corrected chi connectivity index (χ3v) is 2.65. The summed E-state index contributed by atoms with van der Waals surface area (Å²) in [4.78, 5) is 23.3. The minimum atomic E-state index is -1.13. The maximum absolute atomic E-state index is 11.6. The summed E-state index contributed by atoms with van der Waals surface area (Å²) in [6.07, 6.45) is 2.53. The van der Waals surface area contributed by atoms with Crippen molar-refractivity contribution in [3.63, 3.8) is 0 Å². The van der Waals surface area contributed by atoms with Crippen LogP contribution >= 0.6 is 0 Å². The molecule has 0 saturated heterocycles. The van der Waals surface area contributed by atoms with E-state index >= 15 is 0 Å². The van der Waals surface area contributed by atoms with Crippen LogP contribution in [0.25, 0.3) is 0 Å². The molecular formula is C14H17NO4. The van der Waals surface area contributed by atoms with E-state index in [-0.39, 0.29) is 5.91 Å². The molecule has 0 aliphatic carbocycles. The van der Waals surface area contributed by atoms with Gasteiger partial charge < -0.3 is 14.7 Å². The quantitative estimate of drug-likeness (QED) is 0.786. The Bertz CT molecular complexity index is 482. The van der Waals surface area contributed by atoms with Crippen molar-refractivity contribution in [1.82, 2.24) is 4.90 Å². The summed E-state index contributed by atoms with van der Waals surface area (Å²) in [6, 6.07) is 7.59. The van der Waals surface area contributed by atoms with Gasteiger partial charge in [0.25, 0.3) is 0 Å². The van der Waals surface area contributed by atoms with Gasteiger partial charge in [-0.05, 0) is 18.1 Å². The van der Waals surface area contributed by atoms with Crippen molar-refractivity contribution in [3.05, 3.63) is 42.0 Å². The Morgan fingerprint density at radius 2 is 2.00 bits per heavy atom. The number of amides is 1. The second kappa shape index (κ2) is 7.20. The topological polar surface area (TPSA) is 66.8 Å². The molecule has 0 fully saturated rings. The summed E-state index contributed by atoms with van der Waals surface area (Å²) >= 11 is 0. The number of carboxylic acid groups (broad SMARTS) is 1. The number of aliphatic carboxylic acids is 1. The average molecular weight is 263 g/mol. The molecule has 102 valence electrons. The largest absolute Gasteiger partial charge is 0.496 e. The van der Waals surface area contributed by atoms with Crippen molar-refractivity contribution in [3.8, 4) is 5.75 Å². The van der Waals surface area contributed by atoms with E-state index in [9.17, 15) is 9.59 Å². The van der Waals surface area contributed by atoms with Gasteiger partial charge in [-0.25, -0.2) is 4.79 Å². The van der Waals surface area contributed by atoms with Crippen LogP contribution in [-0.2, 0) is 16.0 Å². The summed E-state index contributed by atoms with van der Waals surface area (Å²) in [6.45, 7) is 0.489. The van der Waals surface area contributed by atoms with Gasteiger partial charge >= 0.3 is 5.97 Å². The minimum Gasteiger partial charge on any atom is -0.496 e. The Balaban J connectivity index is 2.56. The smallest absolute Gasteiger partial charge is 0.328 e. The second-order valence-corrected chi connectivity index (χ2v) is 3.99. The fourth-order valence-electron chi connectivity index (χ4n) is 1.58. The van der Waals surface area contributed by atoms with Gasteiger partial charge in [-0.3, -0.25) is 4.79 Å². The second-order valence-electron chi connectivity index (χ2n) is 3.99. The van der Waals surface area contributed by atoms with E-state index in [4.69, 9.17) is 9.84 Å². The van der Waals surface area contributed by atoms with E-state index in [0.29, 0.717) is 13.0 Å². The van der Waals surface area contributed by atoms with Gasteiger partial charge in [-0.2, -0.15) is 0 Å². The van der Waals surface area contributed by atoms with Crippen LogP contribution in [0.4, 0.5) is 0 Å². The van der Waals surface area contributed by atoms with Crippen LogP contribution in [0, 0.1) is 0 Å². The molecule has 1 aromatic rings. The van der Waals surface area contributed by atoms with Gasteiger partial charge in [-0.15, -0.1) is 0 Å². The van der Waals surface area contributed by atoms with Crippen LogP contribution < -0.4 is 4.74 Å². The summed E-state index contributed by atoms with van der Waals surface area (Å²) in [5.74, 6) is -0.687. The molecule has 0 spiro atoms. The van der Waals surface area contributed by atoms with Gasteiger partial charge in [-0.1, -0.05) is 18.2 Å². The molecular weight excluding hydrogens is 246 g/mol. The molecule has 0 aliphatic heterocycles. The lowest BCUT2D eigenvalue weighted by molar-refractivity contribution is -0.132. The van der Waals surface area contributed by atoms with Crippen molar-refractivity contribution in [2.45, 2.75) is 6.42 Å². The van der Waals surface area contributed by atoms with Gasteiger partial charge in [0, 0.05) is 25.7 Å². The highest BCUT2D eigenvalue weighted by molar-refractivity contribution is 5.93. The van der Waals surface area contributed by atoms with Crippen molar-refractivity contribution >= 4 is 11.9 Å². The predicted octanol–water partition coefficient (Wildman–Crippen LogP) is 1.34. The van der Waals surface area contributed by atoms with Crippen molar-refractivity contribution < 1.29 is 19.4 Å². The number of carboxylic acids is 1. The van der Waals surface area contributed by atoms with E-state index in [2.05, 4.69) is 0 Å². The molecule has 0 atom stereocenters. The van der Waals surface area contributed by atoms with Crippen molar-refractivity contribution in [2.24, 2.45) is 0 Å². The highest BCUT2D eigenvalue weighted by atomic mass is 16.5. The molecule has 0 heterocycles. The van der Waals surface area contributed by atoms with E-state index in [1.165, 1.54) is 4.90 Å². The third kappa shape index (κ3) is 4.83. The first-order valence-electron chi connectivity index (χ1n) is 5.82. The van der Waals surface area contributed by atoms with Crippen LogP contribution in [0.15, 0.2) is 36.4 Å². The molecule has 5 heteroatoms. The van der Waals surface area contributed by atoms with E-state index in [0.717, 1.165) is 23.5 Å². The molecule has 0 aliphatic rings. The zero-order valence-corrected chi connectivity index (χ0v) is 11.0. The van der Waals surface area contributed by atoms with E-state index in [1.807, 2.05) is 24.3 Å². The average Bonchev–Trinajstić information content (AvgIpc) is 2.42. The van der Waals surface area contributed by atoms with Crippen LogP contribution in [0.3, 0.4) is 0 Å². The third-order valence-electron chi connectivity index (χ3n) is 2.65. The maximum atomic E-state index is 11.6.